The first-order valence-electron chi connectivity index (χ1n) is 0. The van der Waals surface area contributed by atoms with Crippen LogP contribution < -0.4 is 0 Å². The van der Waals surface area contributed by atoms with Crippen molar-refractivity contribution in [1.82, 2.24) is 0 Å². The van der Waals surface area contributed by atoms with E-state index < -0.39 is 0 Å². The molecule has 74 valence electrons. The first kappa shape index (κ1) is 159. The molecule has 0 unspecified atom stereocenters. The Morgan fingerprint density at radius 3 is 0.308 bits per heavy atom. The fraction of sp³-hybridized carbons (Fsp3) is 0. The second-order valence-electron chi connectivity index (χ2n) is 0. The average molecular weight is 712 g/mol. The Kier molecular flexibility index (Phi) is 1640. The van der Waals surface area contributed by atoms with Crippen molar-refractivity contribution in [1.29, 1.82) is 0 Å². The minimum absolute atomic E-state index is 0. The van der Waals surface area contributed by atoms with Crippen LogP contribution in [0, 0.1) is 0 Å². The van der Waals surface area contributed by atoms with E-state index in [1.54, 1.807) is 0 Å². The molecule has 0 bridgehead atoms. The smallest absolute Gasteiger partial charge is 2.00 e. The van der Waals surface area contributed by atoms with Crippen LogP contribution in [0.1, 0.15) is 0 Å². The Morgan fingerprint density at radius 1 is 0.308 bits per heavy atom. The molecule has 0 fully saturated rings. The Balaban J connectivity index is 0. The summed E-state index contributed by atoms with van der Waals surface area (Å²) in [7, 11) is 0. The summed E-state index contributed by atoms with van der Waals surface area (Å²) in [5.41, 5.74) is 0. The fourth-order valence-corrected chi connectivity index (χ4v) is 0. The van der Waals surface area contributed by atoms with Crippen molar-refractivity contribution in [2.24, 2.45) is 0 Å². The van der Waals surface area contributed by atoms with Gasteiger partial charge in [0.1, 0.15) is 0 Å². The van der Waals surface area contributed by atoms with Crippen molar-refractivity contribution in [3.63, 3.8) is 0 Å². The van der Waals surface area contributed by atoms with Crippen LogP contribution in [0.25, 0.3) is 0 Å². The van der Waals surface area contributed by atoms with Crippen LogP contribution in [0.3, 0.4) is 0 Å². The van der Waals surface area contributed by atoms with Crippen molar-refractivity contribution >= 4 is 146 Å². The largest absolute Gasteiger partial charge is 3.00 e. The van der Waals surface area contributed by atoms with Gasteiger partial charge in [0.2, 0.25) is 0 Å². The molecule has 13 heteroatoms. The topological polar surface area (TPSA) is 0 Å². The number of rotatable bonds is 0. The maximum atomic E-state index is 0. The molecule has 0 aromatic heterocycles. The summed E-state index contributed by atoms with van der Waals surface area (Å²) in [4.78, 5) is 0. The van der Waals surface area contributed by atoms with E-state index in [4.69, 9.17) is 0 Å². The second kappa shape index (κ2) is 135. The van der Waals surface area contributed by atoms with Crippen LogP contribution in [-0.2, 0) is 168 Å². The molecule has 0 aromatic rings. The van der Waals surface area contributed by atoms with Crippen molar-refractivity contribution < 1.29 is 73.1 Å². The predicted octanol–water partition coefficient (Wildman–Crippen LogP) is -0.788. The fourth-order valence-electron chi connectivity index (χ4n) is 0. The molecule has 0 saturated carbocycles. The molecular weight excluding hydrogens is 712 g/mol. The van der Waals surface area contributed by atoms with Crippen LogP contribution >= 0.6 is 0 Å². The third kappa shape index (κ3) is 120. The maximum Gasteiger partial charge on any atom is 3.00 e. The first-order chi connectivity index (χ1) is 0. The van der Waals surface area contributed by atoms with E-state index in [-0.39, 0.29) is 219 Å². The van der Waals surface area contributed by atoms with Gasteiger partial charge in [0.15, 0.2) is 0 Å². The zero-order valence-electron chi connectivity index (χ0n) is 6.03. The molecule has 2 radical (unpaired) electrons. The molecular formula is Cu2In2S7Zn2. The molecule has 0 heterocycles. The van der Waals surface area contributed by atoms with Gasteiger partial charge in [-0.3, -0.25) is 0 Å². The SMILES string of the molecule is [Cu+2].[Cu+2].[In+3].[In+3].[S-2].[S-2].[S-2].[S-2].[S-2].[S-2].[S-2].[Zn+2].[Zn+2]. The first-order valence-corrected chi connectivity index (χ1v) is 0. The van der Waals surface area contributed by atoms with Gasteiger partial charge in [-0.05, 0) is 0 Å². The van der Waals surface area contributed by atoms with Gasteiger partial charge in [-0.1, -0.05) is 0 Å². The molecule has 0 spiro atoms. The van der Waals surface area contributed by atoms with E-state index in [0.717, 1.165) is 0 Å². The Morgan fingerprint density at radius 2 is 0.308 bits per heavy atom. The molecule has 0 aromatic carbocycles. The summed E-state index contributed by atoms with van der Waals surface area (Å²) in [6.45, 7) is 0. The molecule has 0 amide bonds. The van der Waals surface area contributed by atoms with Crippen molar-refractivity contribution in [2.45, 2.75) is 0 Å². The average Bonchev–Trinajstić information content (AvgIpc) is 0. The van der Waals surface area contributed by atoms with E-state index >= 15 is 0 Å². The predicted molar refractivity (Wildman–Crippen MR) is 63.1 cm³/mol. The van der Waals surface area contributed by atoms with E-state index in [9.17, 15) is 0 Å². The maximum absolute atomic E-state index is 0. The summed E-state index contributed by atoms with van der Waals surface area (Å²) in [5.74, 6) is 0. The molecule has 0 aliphatic carbocycles. The second-order valence-corrected chi connectivity index (χ2v) is 0. The monoisotopic (exact) mass is 707 g/mol. The van der Waals surface area contributed by atoms with Crippen LogP contribution in [0.15, 0.2) is 0 Å². The van der Waals surface area contributed by atoms with E-state index in [2.05, 4.69) is 0 Å². The Hall–Kier alpha value is 6.48. The summed E-state index contributed by atoms with van der Waals surface area (Å²) < 4.78 is 0. The molecule has 0 aliphatic heterocycles. The number of hydrogen-bond donors (Lipinski definition) is 0. The van der Waals surface area contributed by atoms with Gasteiger partial charge in [0.25, 0.3) is 0 Å². The van der Waals surface area contributed by atoms with Crippen LogP contribution in [-0.4, -0.2) is 51.7 Å². The van der Waals surface area contributed by atoms with Crippen LogP contribution in [0.2, 0.25) is 0 Å². The van der Waals surface area contributed by atoms with Gasteiger partial charge in [0.05, 0.1) is 0 Å². The van der Waals surface area contributed by atoms with Gasteiger partial charge >= 0.3 is 125 Å². The third-order valence-electron chi connectivity index (χ3n) is 0. The van der Waals surface area contributed by atoms with Gasteiger partial charge in [-0.25, -0.2) is 0 Å². The van der Waals surface area contributed by atoms with E-state index in [1.165, 1.54) is 0 Å². The summed E-state index contributed by atoms with van der Waals surface area (Å²) >= 11 is 0. The van der Waals surface area contributed by atoms with Crippen molar-refractivity contribution in [2.75, 3.05) is 0 Å². The quantitative estimate of drug-likeness (QED) is 0.290. The summed E-state index contributed by atoms with van der Waals surface area (Å²) in [6.07, 6.45) is 0. The van der Waals surface area contributed by atoms with E-state index in [1.807, 2.05) is 0 Å². The molecule has 0 aliphatic rings. The van der Waals surface area contributed by atoms with Crippen molar-refractivity contribution in [3.05, 3.63) is 0 Å². The minimum atomic E-state index is 0. The standard InChI is InChI=1S/2Cu.2In.7S.2Zn/q2*+2;2*+3;7*-2;2*+2. The van der Waals surface area contributed by atoms with Crippen LogP contribution in [0.4, 0.5) is 0 Å². The number of hydrogen-bond acceptors (Lipinski definition) is 0. The molecule has 0 saturated heterocycles. The summed E-state index contributed by atoms with van der Waals surface area (Å²) in [6, 6.07) is 0. The Bertz CT molecular complexity index is 22.5. The van der Waals surface area contributed by atoms with Gasteiger partial charge in [-0.15, -0.1) is 0 Å². The van der Waals surface area contributed by atoms with Crippen LogP contribution in [0.5, 0.6) is 0 Å². The molecule has 0 atom stereocenters. The molecule has 0 N–H and O–H groups in total. The van der Waals surface area contributed by atoms with Gasteiger partial charge in [-0.2, -0.15) is 0 Å². The Labute approximate surface area is 214 Å². The zero-order valence-corrected chi connectivity index (χ0v) is 26.2. The molecule has 13 heavy (non-hydrogen) atoms. The van der Waals surface area contributed by atoms with Gasteiger partial charge in [0, 0.05) is 0 Å². The van der Waals surface area contributed by atoms with E-state index in [0.29, 0.717) is 0 Å². The third-order valence-corrected chi connectivity index (χ3v) is 0. The van der Waals surface area contributed by atoms with Crippen molar-refractivity contribution in [3.8, 4) is 0 Å². The minimum Gasteiger partial charge on any atom is -2.00 e. The normalized spacial score (nSPS) is 0. The molecule has 0 nitrogen and oxygen atoms in total. The van der Waals surface area contributed by atoms with Gasteiger partial charge < -0.3 is 94.5 Å². The molecule has 0 rings (SSSR count). The zero-order chi connectivity index (χ0) is 0. The summed E-state index contributed by atoms with van der Waals surface area (Å²) in [5, 5.41) is 0.